The second kappa shape index (κ2) is 7.33. The summed E-state index contributed by atoms with van der Waals surface area (Å²) in [7, 11) is 1.60. The van der Waals surface area contributed by atoms with Gasteiger partial charge in [-0.25, -0.2) is 0 Å². The van der Waals surface area contributed by atoms with E-state index in [1.165, 1.54) is 0 Å². The van der Waals surface area contributed by atoms with E-state index < -0.39 is 0 Å². The van der Waals surface area contributed by atoms with Gasteiger partial charge in [-0.05, 0) is 31.0 Å². The minimum atomic E-state index is -0.251. The van der Waals surface area contributed by atoms with Crippen molar-refractivity contribution in [2.24, 2.45) is 0 Å². The van der Waals surface area contributed by atoms with Crippen LogP contribution in [0.2, 0.25) is 0 Å². The molecular weight excluding hydrogens is 228 g/mol. The van der Waals surface area contributed by atoms with Crippen LogP contribution >= 0.6 is 0 Å². The van der Waals surface area contributed by atoms with Crippen LogP contribution in [0.15, 0.2) is 24.3 Å². The van der Waals surface area contributed by atoms with Crippen molar-refractivity contribution in [3.8, 4) is 11.8 Å². The molecule has 1 atom stereocenters. The van der Waals surface area contributed by atoms with Gasteiger partial charge in [-0.15, -0.1) is 0 Å². The predicted molar refractivity (Wildman–Crippen MR) is 69.3 cm³/mol. The van der Waals surface area contributed by atoms with Gasteiger partial charge in [0, 0.05) is 13.0 Å². The zero-order valence-corrected chi connectivity index (χ0v) is 10.8. The fourth-order valence-electron chi connectivity index (χ4n) is 1.70. The van der Waals surface area contributed by atoms with E-state index in [4.69, 9.17) is 10.00 Å². The lowest BCUT2D eigenvalue weighted by atomic mass is 9.95. The quantitative estimate of drug-likeness (QED) is 0.837. The van der Waals surface area contributed by atoms with Crippen molar-refractivity contribution >= 4 is 5.91 Å². The third kappa shape index (κ3) is 4.10. The molecule has 1 N–H and O–H groups in total. The van der Waals surface area contributed by atoms with Crippen LogP contribution in [-0.2, 0) is 4.79 Å². The van der Waals surface area contributed by atoms with E-state index in [1.54, 1.807) is 7.11 Å². The molecule has 1 unspecified atom stereocenters. The van der Waals surface area contributed by atoms with Crippen LogP contribution in [0.3, 0.4) is 0 Å². The second-order valence-corrected chi connectivity index (χ2v) is 3.95. The molecule has 4 heteroatoms. The summed E-state index contributed by atoms with van der Waals surface area (Å²) in [6, 6.07) is 9.61. The number of hydrogen-bond acceptors (Lipinski definition) is 3. The van der Waals surface area contributed by atoms with Crippen LogP contribution in [0.25, 0.3) is 0 Å². The molecule has 0 aliphatic carbocycles. The minimum Gasteiger partial charge on any atom is -0.497 e. The Morgan fingerprint density at radius 3 is 2.61 bits per heavy atom. The maximum Gasteiger partial charge on any atom is 0.220 e. The fourth-order valence-corrected chi connectivity index (χ4v) is 1.70. The van der Waals surface area contributed by atoms with Gasteiger partial charge in [0.1, 0.15) is 5.75 Å². The number of benzene rings is 1. The molecule has 0 saturated carbocycles. The summed E-state index contributed by atoms with van der Waals surface area (Å²) in [5.74, 6) is 0.504. The maximum absolute atomic E-state index is 11.4. The topological polar surface area (TPSA) is 62.1 Å². The van der Waals surface area contributed by atoms with Crippen molar-refractivity contribution in [3.63, 3.8) is 0 Å². The number of carbonyl (C=O) groups is 1. The first-order valence-electron chi connectivity index (χ1n) is 6.01. The number of methoxy groups -OCH3 is 1. The number of rotatable bonds is 6. The fraction of sp³-hybridized carbons (Fsp3) is 0.429. The largest absolute Gasteiger partial charge is 0.497 e. The number of carbonyl (C=O) groups excluding carboxylic acids is 1. The van der Waals surface area contributed by atoms with E-state index >= 15 is 0 Å². The molecule has 1 rings (SSSR count). The number of amides is 1. The van der Waals surface area contributed by atoms with Crippen LogP contribution in [0.1, 0.15) is 31.2 Å². The molecular formula is C14H18N2O2. The number of nitrogens with zero attached hydrogens (tertiary/aromatic N) is 1. The summed E-state index contributed by atoms with van der Waals surface area (Å²) in [5, 5.41) is 11.9. The molecule has 0 aliphatic rings. The van der Waals surface area contributed by atoms with Gasteiger partial charge in [-0.3, -0.25) is 4.79 Å². The van der Waals surface area contributed by atoms with Gasteiger partial charge in [0.2, 0.25) is 5.91 Å². The zero-order chi connectivity index (χ0) is 13.4. The molecule has 0 spiro atoms. The van der Waals surface area contributed by atoms with Crippen molar-refractivity contribution in [2.75, 3.05) is 13.7 Å². The molecule has 0 aliphatic heterocycles. The standard InChI is InChI=1S/C14H18N2O2/c1-3-16-14(17)9-6-12(10-15)11-4-7-13(18-2)8-5-11/h4-5,7-8,12H,3,6,9H2,1-2H3,(H,16,17). The van der Waals surface area contributed by atoms with Gasteiger partial charge in [0.05, 0.1) is 19.1 Å². The highest BCUT2D eigenvalue weighted by atomic mass is 16.5. The van der Waals surface area contributed by atoms with E-state index in [0.29, 0.717) is 19.4 Å². The first kappa shape index (κ1) is 14.0. The zero-order valence-electron chi connectivity index (χ0n) is 10.8. The summed E-state index contributed by atoms with van der Waals surface area (Å²) in [6.07, 6.45) is 0.909. The average molecular weight is 246 g/mol. The summed E-state index contributed by atoms with van der Waals surface area (Å²) in [5.41, 5.74) is 0.919. The molecule has 18 heavy (non-hydrogen) atoms. The van der Waals surface area contributed by atoms with Crippen molar-refractivity contribution in [2.45, 2.75) is 25.7 Å². The Kier molecular flexibility index (Phi) is 5.72. The van der Waals surface area contributed by atoms with Crippen molar-refractivity contribution in [1.29, 1.82) is 5.26 Å². The third-order valence-electron chi connectivity index (χ3n) is 2.71. The van der Waals surface area contributed by atoms with Crippen LogP contribution in [0.5, 0.6) is 5.75 Å². The molecule has 0 heterocycles. The Labute approximate surface area is 108 Å². The number of hydrogen-bond donors (Lipinski definition) is 1. The van der Waals surface area contributed by atoms with Gasteiger partial charge in [0.25, 0.3) is 0 Å². The highest BCUT2D eigenvalue weighted by molar-refractivity contribution is 5.75. The Morgan fingerprint density at radius 1 is 1.44 bits per heavy atom. The van der Waals surface area contributed by atoms with Gasteiger partial charge in [-0.2, -0.15) is 5.26 Å². The Balaban J connectivity index is 2.60. The maximum atomic E-state index is 11.4. The predicted octanol–water partition coefficient (Wildman–Crippen LogP) is 2.22. The van der Waals surface area contributed by atoms with E-state index in [9.17, 15) is 4.79 Å². The number of ether oxygens (including phenoxy) is 1. The van der Waals surface area contributed by atoms with Crippen molar-refractivity contribution in [1.82, 2.24) is 5.32 Å². The van der Waals surface area contributed by atoms with E-state index in [-0.39, 0.29) is 11.8 Å². The normalized spacial score (nSPS) is 11.4. The van der Waals surface area contributed by atoms with Gasteiger partial charge in [0.15, 0.2) is 0 Å². The Morgan fingerprint density at radius 2 is 2.11 bits per heavy atom. The minimum absolute atomic E-state index is 0.00809. The lowest BCUT2D eigenvalue weighted by Gasteiger charge is -2.10. The van der Waals surface area contributed by atoms with Crippen LogP contribution in [0.4, 0.5) is 0 Å². The summed E-state index contributed by atoms with van der Waals surface area (Å²) in [4.78, 5) is 11.4. The molecule has 4 nitrogen and oxygen atoms in total. The van der Waals surface area contributed by atoms with Crippen LogP contribution < -0.4 is 10.1 Å². The SMILES string of the molecule is CCNC(=O)CCC(C#N)c1ccc(OC)cc1. The van der Waals surface area contributed by atoms with Crippen LogP contribution in [0, 0.1) is 11.3 Å². The van der Waals surface area contributed by atoms with Gasteiger partial charge in [-0.1, -0.05) is 12.1 Å². The molecule has 0 fully saturated rings. The highest BCUT2D eigenvalue weighted by Gasteiger charge is 2.12. The molecule has 0 saturated heterocycles. The van der Waals surface area contributed by atoms with E-state index in [2.05, 4.69) is 11.4 Å². The van der Waals surface area contributed by atoms with Crippen molar-refractivity contribution in [3.05, 3.63) is 29.8 Å². The Hall–Kier alpha value is -2.02. The summed E-state index contributed by atoms with van der Waals surface area (Å²) in [6.45, 7) is 2.50. The molecule has 1 amide bonds. The summed E-state index contributed by atoms with van der Waals surface area (Å²) < 4.78 is 5.07. The first-order chi connectivity index (χ1) is 8.71. The van der Waals surface area contributed by atoms with E-state index in [1.807, 2.05) is 31.2 Å². The molecule has 0 aromatic heterocycles. The third-order valence-corrected chi connectivity index (χ3v) is 2.71. The first-order valence-corrected chi connectivity index (χ1v) is 6.01. The molecule has 0 bridgehead atoms. The molecule has 96 valence electrons. The number of nitrogens with one attached hydrogen (secondary N) is 1. The van der Waals surface area contributed by atoms with Gasteiger partial charge >= 0.3 is 0 Å². The van der Waals surface area contributed by atoms with E-state index in [0.717, 1.165) is 11.3 Å². The van der Waals surface area contributed by atoms with Crippen LogP contribution in [-0.4, -0.2) is 19.6 Å². The van der Waals surface area contributed by atoms with Crippen molar-refractivity contribution < 1.29 is 9.53 Å². The lowest BCUT2D eigenvalue weighted by Crippen LogP contribution is -2.22. The molecule has 1 aromatic carbocycles. The Bertz CT molecular complexity index is 420. The lowest BCUT2D eigenvalue weighted by molar-refractivity contribution is -0.121. The molecule has 0 radical (unpaired) electrons. The summed E-state index contributed by atoms with van der Waals surface area (Å²) >= 11 is 0. The number of nitriles is 1. The smallest absolute Gasteiger partial charge is 0.220 e. The second-order valence-electron chi connectivity index (χ2n) is 3.95. The monoisotopic (exact) mass is 246 g/mol. The highest BCUT2D eigenvalue weighted by Crippen LogP contribution is 2.22. The molecule has 1 aromatic rings. The average Bonchev–Trinajstić information content (AvgIpc) is 2.40. The van der Waals surface area contributed by atoms with Gasteiger partial charge < -0.3 is 10.1 Å².